The number of hydrogen-bond donors (Lipinski definition) is 1. The number of ether oxygens (including phenoxy) is 2. The minimum absolute atomic E-state index is 0.172. The molecule has 0 bridgehead atoms. The lowest BCUT2D eigenvalue weighted by Crippen LogP contribution is -2.40. The van der Waals surface area contributed by atoms with Gasteiger partial charge in [-0.2, -0.15) is 0 Å². The Hall–Kier alpha value is -0.900. The van der Waals surface area contributed by atoms with Gasteiger partial charge in [-0.15, -0.1) is 0 Å². The third-order valence-corrected chi connectivity index (χ3v) is 3.15. The van der Waals surface area contributed by atoms with Crippen molar-refractivity contribution in [3.8, 4) is 0 Å². The number of morpholine rings is 1. The van der Waals surface area contributed by atoms with Gasteiger partial charge in [0.2, 0.25) is 0 Å². The van der Waals surface area contributed by atoms with Crippen LogP contribution in [0, 0.1) is 0 Å². The molecule has 3 heteroatoms. The fourth-order valence-electron chi connectivity index (χ4n) is 2.19. The van der Waals surface area contributed by atoms with Crippen LogP contribution in [-0.4, -0.2) is 26.3 Å². The van der Waals surface area contributed by atoms with Crippen molar-refractivity contribution in [3.63, 3.8) is 0 Å². The molecule has 1 N–H and O–H groups in total. The Morgan fingerprint density at radius 1 is 1.41 bits per heavy atom. The molecule has 1 heterocycles. The maximum atomic E-state index is 6.05. The summed E-state index contributed by atoms with van der Waals surface area (Å²) in [7, 11) is 1.72. The van der Waals surface area contributed by atoms with Crippen molar-refractivity contribution >= 4 is 0 Å². The third kappa shape index (κ3) is 3.28. The lowest BCUT2D eigenvalue weighted by molar-refractivity contribution is -0.0400. The van der Waals surface area contributed by atoms with E-state index in [-0.39, 0.29) is 6.10 Å². The Morgan fingerprint density at radius 3 is 3.06 bits per heavy atom. The molecule has 2 rings (SSSR count). The largest absolute Gasteiger partial charge is 0.380 e. The molecule has 3 nitrogen and oxygen atoms in total. The van der Waals surface area contributed by atoms with Crippen LogP contribution in [0.1, 0.15) is 30.6 Å². The van der Waals surface area contributed by atoms with Crippen molar-refractivity contribution in [3.05, 3.63) is 35.4 Å². The average Bonchev–Trinajstić information content (AvgIpc) is 2.40. The SMILES string of the molecule is CCC1CNCC(c2cccc(COC)c2)O1. The van der Waals surface area contributed by atoms with Gasteiger partial charge in [0.25, 0.3) is 0 Å². The first-order valence-corrected chi connectivity index (χ1v) is 6.27. The topological polar surface area (TPSA) is 30.5 Å². The summed E-state index contributed by atoms with van der Waals surface area (Å²) >= 11 is 0. The molecule has 0 aromatic heterocycles. The van der Waals surface area contributed by atoms with Crippen LogP contribution in [0.25, 0.3) is 0 Å². The predicted octanol–water partition coefficient (Wildman–Crippen LogP) is 2.27. The fraction of sp³-hybridized carbons (Fsp3) is 0.571. The van der Waals surface area contributed by atoms with Crippen LogP contribution < -0.4 is 5.32 Å². The summed E-state index contributed by atoms with van der Waals surface area (Å²) in [4.78, 5) is 0. The standard InChI is InChI=1S/C14H21NO2/c1-3-13-8-15-9-14(17-13)12-6-4-5-11(7-12)10-16-2/h4-7,13-15H,3,8-10H2,1-2H3. The van der Waals surface area contributed by atoms with Gasteiger partial charge in [0, 0.05) is 20.2 Å². The van der Waals surface area contributed by atoms with E-state index >= 15 is 0 Å². The average molecular weight is 235 g/mol. The van der Waals surface area contributed by atoms with Crippen LogP contribution in [0.5, 0.6) is 0 Å². The summed E-state index contributed by atoms with van der Waals surface area (Å²) in [6.07, 6.45) is 1.56. The van der Waals surface area contributed by atoms with Gasteiger partial charge >= 0.3 is 0 Å². The van der Waals surface area contributed by atoms with Crippen molar-refractivity contribution < 1.29 is 9.47 Å². The Kier molecular flexibility index (Phi) is 4.54. The third-order valence-electron chi connectivity index (χ3n) is 3.15. The summed E-state index contributed by atoms with van der Waals surface area (Å²) in [5.41, 5.74) is 2.44. The summed E-state index contributed by atoms with van der Waals surface area (Å²) in [5.74, 6) is 0. The van der Waals surface area contributed by atoms with Crippen LogP contribution in [0.3, 0.4) is 0 Å². The second-order valence-electron chi connectivity index (χ2n) is 4.49. The van der Waals surface area contributed by atoms with Crippen molar-refractivity contribution in [2.45, 2.75) is 32.2 Å². The van der Waals surface area contributed by atoms with Crippen LogP contribution in [-0.2, 0) is 16.1 Å². The molecule has 2 unspecified atom stereocenters. The predicted molar refractivity (Wildman–Crippen MR) is 67.9 cm³/mol. The molecule has 0 radical (unpaired) electrons. The van der Waals surface area contributed by atoms with E-state index in [0.29, 0.717) is 12.7 Å². The van der Waals surface area contributed by atoms with Crippen molar-refractivity contribution in [2.75, 3.05) is 20.2 Å². The number of nitrogens with one attached hydrogen (secondary N) is 1. The number of benzene rings is 1. The van der Waals surface area contributed by atoms with Crippen LogP contribution in [0.2, 0.25) is 0 Å². The zero-order valence-electron chi connectivity index (χ0n) is 10.6. The highest BCUT2D eigenvalue weighted by atomic mass is 16.5. The Morgan fingerprint density at radius 2 is 2.29 bits per heavy atom. The lowest BCUT2D eigenvalue weighted by Gasteiger charge is -2.30. The minimum Gasteiger partial charge on any atom is -0.380 e. The summed E-state index contributed by atoms with van der Waals surface area (Å²) in [6.45, 7) is 4.68. The molecule has 1 aliphatic rings. The Balaban J connectivity index is 2.07. The molecule has 1 saturated heterocycles. The quantitative estimate of drug-likeness (QED) is 0.868. The summed E-state index contributed by atoms with van der Waals surface area (Å²) in [6, 6.07) is 8.46. The molecule has 17 heavy (non-hydrogen) atoms. The molecule has 1 aromatic carbocycles. The molecular formula is C14H21NO2. The highest BCUT2D eigenvalue weighted by Crippen LogP contribution is 2.23. The van der Waals surface area contributed by atoms with E-state index in [2.05, 4.69) is 36.5 Å². The zero-order valence-corrected chi connectivity index (χ0v) is 10.6. The number of rotatable bonds is 4. The number of methoxy groups -OCH3 is 1. The fourth-order valence-corrected chi connectivity index (χ4v) is 2.19. The monoisotopic (exact) mass is 235 g/mol. The highest BCUT2D eigenvalue weighted by molar-refractivity contribution is 5.25. The van der Waals surface area contributed by atoms with Gasteiger partial charge in [-0.1, -0.05) is 31.2 Å². The second kappa shape index (κ2) is 6.15. The Bertz CT molecular complexity index is 354. The van der Waals surface area contributed by atoms with Gasteiger partial charge in [0.15, 0.2) is 0 Å². The van der Waals surface area contributed by atoms with E-state index in [0.717, 1.165) is 19.5 Å². The first-order valence-electron chi connectivity index (χ1n) is 6.27. The minimum atomic E-state index is 0.172. The van der Waals surface area contributed by atoms with Gasteiger partial charge in [0.05, 0.1) is 18.8 Å². The maximum absolute atomic E-state index is 6.05. The van der Waals surface area contributed by atoms with Gasteiger partial charge in [-0.25, -0.2) is 0 Å². The smallest absolute Gasteiger partial charge is 0.0953 e. The maximum Gasteiger partial charge on any atom is 0.0953 e. The normalized spacial score (nSPS) is 24.8. The zero-order chi connectivity index (χ0) is 12.1. The molecule has 94 valence electrons. The Labute approximate surface area is 103 Å². The molecule has 0 aliphatic carbocycles. The molecule has 1 aliphatic heterocycles. The molecule has 1 aromatic rings. The van der Waals surface area contributed by atoms with Gasteiger partial charge < -0.3 is 14.8 Å². The first kappa shape index (κ1) is 12.6. The number of hydrogen-bond acceptors (Lipinski definition) is 3. The van der Waals surface area contributed by atoms with E-state index in [1.165, 1.54) is 11.1 Å². The van der Waals surface area contributed by atoms with Crippen molar-refractivity contribution in [1.29, 1.82) is 0 Å². The molecule has 0 spiro atoms. The van der Waals surface area contributed by atoms with E-state index in [1.807, 2.05) is 0 Å². The van der Waals surface area contributed by atoms with Gasteiger partial charge in [0.1, 0.15) is 0 Å². The van der Waals surface area contributed by atoms with Crippen LogP contribution in [0.4, 0.5) is 0 Å². The lowest BCUT2D eigenvalue weighted by atomic mass is 10.0. The van der Waals surface area contributed by atoms with Crippen LogP contribution in [0.15, 0.2) is 24.3 Å². The molecule has 2 atom stereocenters. The van der Waals surface area contributed by atoms with Gasteiger partial charge in [-0.05, 0) is 17.5 Å². The second-order valence-corrected chi connectivity index (χ2v) is 4.49. The van der Waals surface area contributed by atoms with E-state index in [9.17, 15) is 0 Å². The molecule has 0 amide bonds. The first-order chi connectivity index (χ1) is 8.33. The summed E-state index contributed by atoms with van der Waals surface area (Å²) < 4.78 is 11.2. The van der Waals surface area contributed by atoms with Gasteiger partial charge in [-0.3, -0.25) is 0 Å². The molecular weight excluding hydrogens is 214 g/mol. The van der Waals surface area contributed by atoms with Crippen molar-refractivity contribution in [2.24, 2.45) is 0 Å². The molecule has 0 saturated carbocycles. The van der Waals surface area contributed by atoms with E-state index in [4.69, 9.17) is 9.47 Å². The highest BCUT2D eigenvalue weighted by Gasteiger charge is 2.22. The van der Waals surface area contributed by atoms with Crippen molar-refractivity contribution in [1.82, 2.24) is 5.32 Å². The molecule has 1 fully saturated rings. The van der Waals surface area contributed by atoms with E-state index < -0.39 is 0 Å². The summed E-state index contributed by atoms with van der Waals surface area (Å²) in [5, 5.41) is 3.43. The van der Waals surface area contributed by atoms with Crippen LogP contribution >= 0.6 is 0 Å². The van der Waals surface area contributed by atoms with E-state index in [1.54, 1.807) is 7.11 Å².